The molecule has 2 heterocycles. The highest BCUT2D eigenvalue weighted by Gasteiger charge is 2.42. The molecule has 1 aromatic heterocycles. The van der Waals surface area contributed by atoms with Crippen LogP contribution in [-0.2, 0) is 26.4 Å². The zero-order chi connectivity index (χ0) is 23.1. The van der Waals surface area contributed by atoms with Gasteiger partial charge in [0.2, 0.25) is 5.75 Å². The molecule has 1 atom stereocenters. The third kappa shape index (κ3) is 4.99. The zero-order valence-electron chi connectivity index (χ0n) is 17.3. The molecule has 1 saturated heterocycles. The standard InChI is InChI=1S/C21H23N3O8/c1-2-30-18(28)15-16(26)17(27)23-19(22-15)21(9-8-14(10-25)32-12-21)24-20(29)31-11-13-6-4-3-5-7-13/h3-7,10,25-26H,2,8-9,11-12H2,1H3,(H,24,29)(H,22,23,27)/b14-10+/t21-/m1/s1. The third-order valence-corrected chi connectivity index (χ3v) is 4.82. The van der Waals surface area contributed by atoms with E-state index in [0.717, 1.165) is 11.8 Å². The topological polar surface area (TPSA) is 160 Å². The van der Waals surface area contributed by atoms with E-state index in [2.05, 4.69) is 15.3 Å². The van der Waals surface area contributed by atoms with Gasteiger partial charge >= 0.3 is 12.1 Å². The highest BCUT2D eigenvalue weighted by molar-refractivity contribution is 5.90. The molecular formula is C21H23N3O8. The molecule has 0 radical (unpaired) electrons. The Morgan fingerprint density at radius 2 is 2.06 bits per heavy atom. The second kappa shape index (κ2) is 9.86. The van der Waals surface area contributed by atoms with E-state index in [9.17, 15) is 24.6 Å². The molecule has 1 aliphatic heterocycles. The average molecular weight is 445 g/mol. The molecule has 1 fully saturated rings. The lowest BCUT2D eigenvalue weighted by atomic mass is 9.90. The molecule has 11 heteroatoms. The van der Waals surface area contributed by atoms with Crippen molar-refractivity contribution in [2.45, 2.75) is 31.9 Å². The van der Waals surface area contributed by atoms with E-state index < -0.39 is 34.6 Å². The minimum absolute atomic E-state index is 0.000987. The minimum Gasteiger partial charge on any atom is -0.512 e. The molecule has 170 valence electrons. The van der Waals surface area contributed by atoms with Crippen LogP contribution in [0.3, 0.4) is 0 Å². The SMILES string of the molecule is CCOC(=O)c1nc([C@@]2(NC(=O)OCc3ccccc3)CC/C(=C\O)OC2)[nH]c(=O)c1O. The van der Waals surface area contributed by atoms with Gasteiger partial charge in [0.1, 0.15) is 36.6 Å². The maximum atomic E-state index is 12.6. The molecule has 0 unspecified atom stereocenters. The minimum atomic E-state index is -1.41. The van der Waals surface area contributed by atoms with Gasteiger partial charge in [-0.05, 0) is 18.9 Å². The van der Waals surface area contributed by atoms with E-state index >= 15 is 0 Å². The fraction of sp³-hybridized carbons (Fsp3) is 0.333. The van der Waals surface area contributed by atoms with Crippen molar-refractivity contribution in [3.8, 4) is 5.75 Å². The van der Waals surface area contributed by atoms with Gasteiger partial charge < -0.3 is 34.7 Å². The number of aliphatic hydroxyl groups excluding tert-OH is 1. The molecular weight excluding hydrogens is 422 g/mol. The van der Waals surface area contributed by atoms with Gasteiger partial charge in [0.15, 0.2) is 5.69 Å². The van der Waals surface area contributed by atoms with E-state index in [4.69, 9.17) is 14.2 Å². The second-order valence-electron chi connectivity index (χ2n) is 6.99. The van der Waals surface area contributed by atoms with Crippen LogP contribution in [-0.4, -0.2) is 45.5 Å². The van der Waals surface area contributed by atoms with Crippen LogP contribution in [0.25, 0.3) is 0 Å². The summed E-state index contributed by atoms with van der Waals surface area (Å²) in [6, 6.07) is 9.01. The summed E-state index contributed by atoms with van der Waals surface area (Å²) in [5.74, 6) is -1.75. The monoisotopic (exact) mass is 445 g/mol. The van der Waals surface area contributed by atoms with E-state index in [1.165, 1.54) is 0 Å². The van der Waals surface area contributed by atoms with Crippen LogP contribution in [0.1, 0.15) is 41.6 Å². The van der Waals surface area contributed by atoms with Crippen molar-refractivity contribution in [3.05, 3.63) is 69.8 Å². The summed E-state index contributed by atoms with van der Waals surface area (Å²) < 4.78 is 15.6. The summed E-state index contributed by atoms with van der Waals surface area (Å²) >= 11 is 0. The molecule has 0 aliphatic carbocycles. The molecule has 1 aliphatic rings. The Hall–Kier alpha value is -4.02. The molecule has 2 aromatic rings. The summed E-state index contributed by atoms with van der Waals surface area (Å²) in [6.07, 6.45) is 0.321. The van der Waals surface area contributed by atoms with Crippen molar-refractivity contribution in [1.29, 1.82) is 0 Å². The number of esters is 1. The number of ether oxygens (including phenoxy) is 3. The number of hydrogen-bond donors (Lipinski definition) is 4. The van der Waals surface area contributed by atoms with Gasteiger partial charge in [-0.25, -0.2) is 14.6 Å². The first-order valence-corrected chi connectivity index (χ1v) is 9.84. The van der Waals surface area contributed by atoms with E-state index in [0.29, 0.717) is 0 Å². The van der Waals surface area contributed by atoms with Crippen molar-refractivity contribution in [2.75, 3.05) is 13.2 Å². The Labute approximate surface area is 182 Å². The van der Waals surface area contributed by atoms with Crippen LogP contribution in [0.5, 0.6) is 5.75 Å². The number of amides is 1. The number of nitrogens with one attached hydrogen (secondary N) is 2. The largest absolute Gasteiger partial charge is 0.512 e. The first kappa shape index (κ1) is 22.7. The Balaban J connectivity index is 1.91. The predicted octanol–water partition coefficient (Wildman–Crippen LogP) is 1.98. The second-order valence-corrected chi connectivity index (χ2v) is 6.99. The van der Waals surface area contributed by atoms with Gasteiger partial charge in [0.25, 0.3) is 5.56 Å². The Morgan fingerprint density at radius 3 is 2.69 bits per heavy atom. The fourth-order valence-electron chi connectivity index (χ4n) is 3.13. The van der Waals surface area contributed by atoms with Gasteiger partial charge in [0, 0.05) is 6.42 Å². The zero-order valence-corrected chi connectivity index (χ0v) is 17.3. The highest BCUT2D eigenvalue weighted by atomic mass is 16.6. The lowest BCUT2D eigenvalue weighted by Crippen LogP contribution is -2.53. The normalized spacial score (nSPS) is 19.1. The predicted molar refractivity (Wildman–Crippen MR) is 110 cm³/mol. The molecule has 11 nitrogen and oxygen atoms in total. The van der Waals surface area contributed by atoms with Gasteiger partial charge in [-0.1, -0.05) is 30.3 Å². The maximum Gasteiger partial charge on any atom is 0.408 e. The number of carbonyl (C=O) groups is 2. The summed E-state index contributed by atoms with van der Waals surface area (Å²) in [4.78, 5) is 43.4. The molecule has 0 saturated carbocycles. The lowest BCUT2D eigenvalue weighted by molar-refractivity contribution is 0.0468. The van der Waals surface area contributed by atoms with Crippen LogP contribution in [0.2, 0.25) is 0 Å². The summed E-state index contributed by atoms with van der Waals surface area (Å²) in [5, 5.41) is 21.8. The van der Waals surface area contributed by atoms with Crippen molar-refractivity contribution in [3.63, 3.8) is 0 Å². The van der Waals surface area contributed by atoms with Crippen LogP contribution >= 0.6 is 0 Å². The van der Waals surface area contributed by atoms with Gasteiger partial charge in [0.05, 0.1) is 6.61 Å². The molecule has 1 amide bonds. The Kier molecular flexibility index (Phi) is 6.98. The smallest absolute Gasteiger partial charge is 0.408 e. The molecule has 1 aromatic carbocycles. The Morgan fingerprint density at radius 1 is 1.31 bits per heavy atom. The number of hydrogen-bond acceptors (Lipinski definition) is 9. The van der Waals surface area contributed by atoms with Gasteiger partial charge in [-0.3, -0.25) is 4.79 Å². The number of H-pyrrole nitrogens is 1. The van der Waals surface area contributed by atoms with Crippen molar-refractivity contribution in [1.82, 2.24) is 15.3 Å². The number of benzene rings is 1. The van der Waals surface area contributed by atoms with Crippen LogP contribution in [0, 0.1) is 0 Å². The first-order valence-electron chi connectivity index (χ1n) is 9.84. The number of nitrogens with zero attached hydrogens (tertiary/aromatic N) is 1. The summed E-state index contributed by atoms with van der Waals surface area (Å²) in [5.41, 5.74) is -2.22. The number of aromatic nitrogens is 2. The first-order chi connectivity index (χ1) is 15.4. The van der Waals surface area contributed by atoms with E-state index in [1.54, 1.807) is 31.2 Å². The number of alkyl carbamates (subject to hydrolysis) is 1. The van der Waals surface area contributed by atoms with Crippen LogP contribution < -0.4 is 10.9 Å². The molecule has 0 bridgehead atoms. The van der Waals surface area contributed by atoms with Gasteiger partial charge in [-0.2, -0.15) is 0 Å². The fourth-order valence-corrected chi connectivity index (χ4v) is 3.13. The van der Waals surface area contributed by atoms with E-state index in [1.807, 2.05) is 6.07 Å². The Bertz CT molecular complexity index is 1050. The highest BCUT2D eigenvalue weighted by Crippen LogP contribution is 2.32. The molecule has 4 N–H and O–H groups in total. The molecule has 32 heavy (non-hydrogen) atoms. The number of aromatic amines is 1. The van der Waals surface area contributed by atoms with Gasteiger partial charge in [-0.15, -0.1) is 0 Å². The molecule has 0 spiro atoms. The third-order valence-electron chi connectivity index (χ3n) is 4.82. The number of carbonyl (C=O) groups excluding carboxylic acids is 2. The van der Waals surface area contributed by atoms with Crippen LogP contribution in [0.4, 0.5) is 4.79 Å². The summed E-state index contributed by atoms with van der Waals surface area (Å²) in [6.45, 7) is 1.34. The average Bonchev–Trinajstić information content (AvgIpc) is 2.80. The number of rotatable bonds is 6. The van der Waals surface area contributed by atoms with Crippen molar-refractivity contribution >= 4 is 12.1 Å². The summed E-state index contributed by atoms with van der Waals surface area (Å²) in [7, 11) is 0. The van der Waals surface area contributed by atoms with E-state index in [-0.39, 0.29) is 44.2 Å². The number of aliphatic hydroxyl groups is 1. The quantitative estimate of drug-likeness (QED) is 0.385. The van der Waals surface area contributed by atoms with Crippen molar-refractivity contribution in [2.24, 2.45) is 0 Å². The van der Waals surface area contributed by atoms with Crippen LogP contribution in [0.15, 0.2) is 47.1 Å². The lowest BCUT2D eigenvalue weighted by Gasteiger charge is -2.37. The number of allylic oxidation sites excluding steroid dienone is 1. The molecule has 3 rings (SSSR count). The maximum absolute atomic E-state index is 12.6. The number of aromatic hydroxyl groups is 1. The van der Waals surface area contributed by atoms with Crippen molar-refractivity contribution < 1.29 is 34.0 Å².